The largest absolute Gasteiger partial charge is 0.746 e. The topological polar surface area (TPSA) is 443 Å². The van der Waals surface area contributed by atoms with Crippen molar-refractivity contribution in [1.29, 1.82) is 0 Å². The summed E-state index contributed by atoms with van der Waals surface area (Å²) in [4.78, 5) is 74.4. The van der Waals surface area contributed by atoms with Crippen molar-refractivity contribution in [3.8, 4) is 34.5 Å². The number of likely N-dealkylation sites (N-methyl/N-ethyl adjacent to an activating group) is 2. The summed E-state index contributed by atoms with van der Waals surface area (Å²) in [6, 6.07) is 31.4. The van der Waals surface area contributed by atoms with E-state index >= 15 is 0 Å². The molecule has 101 heavy (non-hydrogen) atoms. The maximum absolute atomic E-state index is 11.2. The second kappa shape index (κ2) is 35.2. The molecule has 1 unspecified atom stereocenters. The Balaban J connectivity index is 0.000000157. The minimum Gasteiger partial charge on any atom is -0.746 e. The van der Waals surface area contributed by atoms with Gasteiger partial charge in [-0.05, 0) is 172 Å². The van der Waals surface area contributed by atoms with Crippen molar-refractivity contribution in [2.75, 3.05) is 47.9 Å². The summed E-state index contributed by atoms with van der Waals surface area (Å²) in [5, 5.41) is 99.4. The standard InChI is InChI=1S/C18H24N2O7.C13H18NO4P.C12H16N2O.C10H9NO3.C10H11NO2.C10H9NO2/c1-20(2)7-6-9-8-19-10-4-3-5-11(12(9)10)26-18-15(23)13(21)14(22)16(27-18)17(24)25;1-9(2)6-7-10-8-14-11-4-3-5-12(13(10)11)18-19(15,16)17;1-14(2)7-6-9-8-13-10-4-3-5-11(15)12(9)10;12-8-3-1-2-7-10(8)6(5-11-7)4-9(13)14;12-4-3-7-6-11-10-5-8(13)1-2-9(7)10;12-5-4-7-6-11-8-2-1-3-9(13)10(7)8/h3-5,8,13-16,18-19,21-23H,6-7H2,1-2H3,(H,24,25);3-5,8-9,14H,6-7H2,1-2H3,(H2,15,16,17);3-5,8,13,15H,6-7H2,1-2H3;1-3,5,11-12H,4H2,(H,13,14);1-2,5-6,11-13H,3-4H2;1-3,5-6,11,13H,4H2/p-1/t13-,14-,15+,16-,18+;;;;;/m0...../s1. The number of carbonyl (C=O) groups is 3. The number of benzene rings is 6. The first-order valence-corrected chi connectivity index (χ1v) is 33.8. The van der Waals surface area contributed by atoms with Gasteiger partial charge in [0.25, 0.3) is 0 Å². The molecule has 12 aromatic rings. The molecule has 1 aliphatic heterocycles. The Bertz CT molecular complexity index is 4750. The van der Waals surface area contributed by atoms with Crippen LogP contribution in [0.1, 0.15) is 53.6 Å². The van der Waals surface area contributed by atoms with Gasteiger partial charge in [0.05, 0.1) is 6.42 Å². The zero-order chi connectivity index (χ0) is 73.2. The van der Waals surface area contributed by atoms with E-state index in [2.05, 4.69) is 67.3 Å². The Kier molecular flexibility index (Phi) is 26.7. The molecular weight excluding hydrogens is 1320 g/mol. The van der Waals surface area contributed by atoms with Crippen molar-refractivity contribution >= 4 is 91.5 Å². The van der Waals surface area contributed by atoms with E-state index in [1.54, 1.807) is 79.1 Å². The van der Waals surface area contributed by atoms with Crippen LogP contribution in [0.25, 0.3) is 65.4 Å². The number of aliphatic hydroxyl groups excluding tert-OH is 4. The number of hydrogen-bond donors (Lipinski definition) is 17. The third kappa shape index (κ3) is 20.3. The highest BCUT2D eigenvalue weighted by atomic mass is 31.2. The highest BCUT2D eigenvalue weighted by Gasteiger charge is 2.48. The zero-order valence-electron chi connectivity index (χ0n) is 56.5. The van der Waals surface area contributed by atoms with Gasteiger partial charge in [-0.1, -0.05) is 44.2 Å². The number of rotatable bonds is 20. The van der Waals surface area contributed by atoms with Gasteiger partial charge in [-0.3, -0.25) is 9.36 Å². The van der Waals surface area contributed by atoms with Crippen LogP contribution in [0.3, 0.4) is 0 Å². The number of aldehydes is 1. The second-order valence-corrected chi connectivity index (χ2v) is 26.1. The van der Waals surface area contributed by atoms with Crippen molar-refractivity contribution in [2.24, 2.45) is 5.92 Å². The number of aryl methyl sites for hydroxylation is 1. The molecular formula is C73H86N8O19P-. The number of H-pyrrole nitrogens is 6. The summed E-state index contributed by atoms with van der Waals surface area (Å²) in [6.07, 6.45) is 7.96. The molecule has 13 rings (SSSR count). The van der Waals surface area contributed by atoms with E-state index in [1.807, 2.05) is 80.2 Å². The number of aliphatic carboxylic acids is 2. The molecule has 17 N–H and O–H groups in total. The van der Waals surface area contributed by atoms with Gasteiger partial charge in [0, 0.05) is 135 Å². The molecule has 0 amide bonds. The van der Waals surface area contributed by atoms with Crippen molar-refractivity contribution in [2.45, 2.75) is 89.5 Å². The quantitative estimate of drug-likeness (QED) is 0.0250. The van der Waals surface area contributed by atoms with E-state index in [0.717, 1.165) is 122 Å². The number of aromatic hydroxyl groups is 4. The van der Waals surface area contributed by atoms with Gasteiger partial charge in [0.2, 0.25) is 6.29 Å². The highest BCUT2D eigenvalue weighted by Crippen LogP contribution is 2.40. The molecule has 0 bridgehead atoms. The number of aromatic nitrogens is 6. The number of nitrogens with one attached hydrogen (secondary N) is 6. The second-order valence-electron chi connectivity index (χ2n) is 24.9. The molecule has 1 aliphatic rings. The molecule has 0 radical (unpaired) electrons. The lowest BCUT2D eigenvalue weighted by Crippen LogP contribution is -2.61. The fourth-order valence-corrected chi connectivity index (χ4v) is 11.9. The molecule has 27 nitrogen and oxygen atoms in total. The monoisotopic (exact) mass is 1410 g/mol. The van der Waals surface area contributed by atoms with Crippen molar-refractivity contribution < 1.29 is 93.8 Å². The summed E-state index contributed by atoms with van der Waals surface area (Å²) in [5.41, 5.74) is 10.8. The van der Waals surface area contributed by atoms with E-state index in [0.29, 0.717) is 46.6 Å². The van der Waals surface area contributed by atoms with Crippen LogP contribution < -0.4 is 14.2 Å². The first kappa shape index (κ1) is 76.6. The third-order valence-corrected chi connectivity index (χ3v) is 16.9. The van der Waals surface area contributed by atoms with Crippen LogP contribution >= 0.6 is 7.82 Å². The van der Waals surface area contributed by atoms with Gasteiger partial charge in [0.15, 0.2) is 6.10 Å². The van der Waals surface area contributed by atoms with Crippen LogP contribution in [0.15, 0.2) is 146 Å². The van der Waals surface area contributed by atoms with Gasteiger partial charge in [-0.2, -0.15) is 0 Å². The number of hydrogen-bond acceptors (Lipinski definition) is 18. The molecule has 1 fully saturated rings. The smallest absolute Gasteiger partial charge is 0.335 e. The Morgan fingerprint density at radius 2 is 1.00 bits per heavy atom. The number of carbonyl (C=O) groups excluding carboxylic acids is 1. The van der Waals surface area contributed by atoms with Gasteiger partial charge in [-0.15, -0.1) is 0 Å². The third-order valence-electron chi connectivity index (χ3n) is 16.5. The number of carboxylic acids is 2. The van der Waals surface area contributed by atoms with Crippen molar-refractivity contribution in [3.05, 3.63) is 180 Å². The number of phosphoric acid groups is 1. The minimum atomic E-state index is -4.79. The number of aliphatic hydroxyl groups is 4. The molecule has 28 heteroatoms. The van der Waals surface area contributed by atoms with Crippen LogP contribution in [0.2, 0.25) is 0 Å². The number of phosphoric ester groups is 1. The molecule has 6 atom stereocenters. The molecule has 0 saturated carbocycles. The van der Waals surface area contributed by atoms with Crippen LogP contribution in [-0.4, -0.2) is 192 Å². The SMILES string of the molecule is CC(C)CCc1c[nH]c2cccc(OP(=O)([O-])O)c12.CN(C)CCc1c[nH]c2cccc(O)c12.CN(C)CCc1c[nH]c2cccc(O[C@@H]3O[C@H](C(=O)O)[C@@H](O)[C@H](O)[C@H]3O)c12.O=C(O)Cc1c[nH]c2cccc(O)c12.O=CCc1c[nH]c2cccc(O)c12.OCCc1c[nH]c2cc(O)ccc12. The van der Waals surface area contributed by atoms with Crippen LogP contribution in [-0.2, 0) is 62.2 Å². The number of nitrogens with zero attached hydrogens (tertiary/aromatic N) is 2. The molecule has 538 valence electrons. The molecule has 0 aliphatic carbocycles. The Morgan fingerprint density at radius 3 is 1.49 bits per heavy atom. The Labute approximate surface area is 580 Å². The molecule has 6 aromatic heterocycles. The molecule has 7 heterocycles. The van der Waals surface area contributed by atoms with Crippen LogP contribution in [0.4, 0.5) is 0 Å². The Hall–Kier alpha value is -10.2. The average molecular weight is 1410 g/mol. The summed E-state index contributed by atoms with van der Waals surface area (Å²) in [6.45, 7) is 6.21. The van der Waals surface area contributed by atoms with E-state index in [1.165, 1.54) is 11.6 Å². The lowest BCUT2D eigenvalue weighted by Gasteiger charge is -2.38. The summed E-state index contributed by atoms with van der Waals surface area (Å²) in [7, 11) is 3.25. The van der Waals surface area contributed by atoms with Crippen molar-refractivity contribution in [1.82, 2.24) is 39.7 Å². The minimum absolute atomic E-state index is 0.0857. The molecule has 6 aromatic carbocycles. The maximum Gasteiger partial charge on any atom is 0.335 e. The van der Waals surface area contributed by atoms with Gasteiger partial charge >= 0.3 is 19.8 Å². The lowest BCUT2D eigenvalue weighted by atomic mass is 9.99. The average Bonchev–Trinajstić information content (AvgIpc) is 1.69. The number of carboxylic acid groups (broad SMARTS) is 2. The van der Waals surface area contributed by atoms with Crippen molar-refractivity contribution in [3.63, 3.8) is 0 Å². The number of phenolic OH excluding ortho intramolecular Hbond substituents is 4. The van der Waals surface area contributed by atoms with E-state index < -0.39 is 50.5 Å². The lowest BCUT2D eigenvalue weighted by molar-refractivity contribution is -0.270. The molecule has 0 spiro atoms. The first-order valence-electron chi connectivity index (χ1n) is 32.4. The van der Waals surface area contributed by atoms with Crippen LogP contribution in [0, 0.1) is 5.92 Å². The summed E-state index contributed by atoms with van der Waals surface area (Å²) < 4.78 is 26.5. The van der Waals surface area contributed by atoms with E-state index in [-0.39, 0.29) is 36.0 Å². The normalized spacial score (nSPS) is 16.3. The summed E-state index contributed by atoms with van der Waals surface area (Å²) >= 11 is 0. The van der Waals surface area contributed by atoms with Gasteiger partial charge in [0.1, 0.15) is 59.1 Å². The molecule has 1 saturated heterocycles. The number of ether oxygens (including phenoxy) is 2. The predicted octanol–water partition coefficient (Wildman–Crippen LogP) is 8.64. The Morgan fingerprint density at radius 1 is 0.564 bits per heavy atom. The fourth-order valence-electron chi connectivity index (χ4n) is 11.5. The predicted molar refractivity (Wildman–Crippen MR) is 381 cm³/mol. The van der Waals surface area contributed by atoms with E-state index in [4.69, 9.17) is 29.7 Å². The maximum atomic E-state index is 11.2. The fraction of sp³-hybridized carbons (Fsp3) is 0.301. The number of aromatic amines is 6. The van der Waals surface area contributed by atoms with Gasteiger partial charge < -0.3 is 119 Å². The number of phenols is 4. The highest BCUT2D eigenvalue weighted by molar-refractivity contribution is 7.45. The van der Waals surface area contributed by atoms with Crippen LogP contribution in [0.5, 0.6) is 34.5 Å². The zero-order valence-corrected chi connectivity index (χ0v) is 57.4. The van der Waals surface area contributed by atoms with E-state index in [9.17, 15) is 59.6 Å². The summed E-state index contributed by atoms with van der Waals surface area (Å²) in [5.74, 6) is -0.301. The van der Waals surface area contributed by atoms with Gasteiger partial charge in [-0.25, -0.2) is 4.79 Å². The number of fused-ring (bicyclic) bond motifs is 6. The first-order chi connectivity index (χ1) is 48.2.